The van der Waals surface area contributed by atoms with E-state index in [-0.39, 0.29) is 5.78 Å². The summed E-state index contributed by atoms with van der Waals surface area (Å²) in [7, 11) is 1.60. The lowest BCUT2D eigenvalue weighted by Crippen LogP contribution is -2.21. The molecule has 0 aromatic heterocycles. The third-order valence-electron chi connectivity index (χ3n) is 2.94. The fourth-order valence-corrected chi connectivity index (χ4v) is 1.89. The van der Waals surface area contributed by atoms with Crippen molar-refractivity contribution in [2.24, 2.45) is 0 Å². The molecule has 0 bridgehead atoms. The van der Waals surface area contributed by atoms with E-state index in [9.17, 15) is 4.79 Å². The molecule has 3 heteroatoms. The number of carbonyl (C=O) groups is 1. The molecule has 0 saturated heterocycles. The number of Topliss-reactive ketones (excluding diaryl/α,β-unsaturated/α-hetero) is 1. The van der Waals surface area contributed by atoms with Crippen LogP contribution in [0.5, 0.6) is 5.75 Å². The van der Waals surface area contributed by atoms with E-state index in [2.05, 4.69) is 18.7 Å². The molecule has 0 fully saturated rings. The van der Waals surface area contributed by atoms with Gasteiger partial charge in [0.15, 0.2) is 5.78 Å². The zero-order chi connectivity index (χ0) is 12.8. The number of carbonyl (C=O) groups excluding carboxylic acids is 1. The highest BCUT2D eigenvalue weighted by Gasteiger charge is 2.12. The highest BCUT2D eigenvalue weighted by Crippen LogP contribution is 2.26. The number of nitrogens with zero attached hydrogens (tertiary/aromatic N) is 1. The summed E-state index contributed by atoms with van der Waals surface area (Å²) in [4.78, 5) is 13.9. The van der Waals surface area contributed by atoms with Gasteiger partial charge >= 0.3 is 0 Å². The number of rotatable bonds is 6. The molecule has 0 aliphatic rings. The molecule has 0 aliphatic heterocycles. The van der Waals surface area contributed by atoms with Crippen LogP contribution in [0.4, 0.5) is 5.69 Å². The van der Waals surface area contributed by atoms with Crippen LogP contribution in [0.25, 0.3) is 0 Å². The van der Waals surface area contributed by atoms with Crippen LogP contribution in [-0.2, 0) is 0 Å². The molecule has 94 valence electrons. The highest BCUT2D eigenvalue weighted by molar-refractivity contribution is 5.98. The van der Waals surface area contributed by atoms with Gasteiger partial charge in [-0.15, -0.1) is 0 Å². The molecule has 1 aromatic rings. The summed E-state index contributed by atoms with van der Waals surface area (Å²) in [6.45, 7) is 7.98. The molecule has 0 aliphatic carbocycles. The first-order valence-electron chi connectivity index (χ1n) is 6.14. The zero-order valence-corrected chi connectivity index (χ0v) is 11.1. The summed E-state index contributed by atoms with van der Waals surface area (Å²) in [6.07, 6.45) is 0.501. The van der Waals surface area contributed by atoms with Crippen LogP contribution < -0.4 is 9.64 Å². The average molecular weight is 235 g/mol. The maximum atomic E-state index is 11.7. The first-order chi connectivity index (χ1) is 8.17. The average Bonchev–Trinajstić information content (AvgIpc) is 2.39. The first-order valence-corrected chi connectivity index (χ1v) is 6.14. The third-order valence-corrected chi connectivity index (χ3v) is 2.94. The van der Waals surface area contributed by atoms with Crippen LogP contribution >= 0.6 is 0 Å². The topological polar surface area (TPSA) is 29.5 Å². The van der Waals surface area contributed by atoms with Gasteiger partial charge in [0.05, 0.1) is 12.7 Å². The van der Waals surface area contributed by atoms with Gasteiger partial charge in [-0.2, -0.15) is 0 Å². The van der Waals surface area contributed by atoms with Crippen LogP contribution in [0.3, 0.4) is 0 Å². The summed E-state index contributed by atoms with van der Waals surface area (Å²) in [6, 6.07) is 5.78. The smallest absolute Gasteiger partial charge is 0.166 e. The van der Waals surface area contributed by atoms with Gasteiger partial charge in [-0.3, -0.25) is 4.79 Å². The fraction of sp³-hybridized carbons (Fsp3) is 0.500. The summed E-state index contributed by atoms with van der Waals surface area (Å²) < 4.78 is 5.30. The van der Waals surface area contributed by atoms with E-state index in [4.69, 9.17) is 4.74 Å². The Hall–Kier alpha value is -1.51. The molecule has 1 rings (SSSR count). The van der Waals surface area contributed by atoms with Gasteiger partial charge in [0.2, 0.25) is 0 Å². The number of hydrogen-bond donors (Lipinski definition) is 0. The van der Waals surface area contributed by atoms with Gasteiger partial charge in [-0.25, -0.2) is 0 Å². The van der Waals surface area contributed by atoms with Crippen LogP contribution in [0, 0.1) is 0 Å². The second kappa shape index (κ2) is 6.28. The van der Waals surface area contributed by atoms with E-state index in [1.165, 1.54) is 0 Å². The van der Waals surface area contributed by atoms with E-state index < -0.39 is 0 Å². The van der Waals surface area contributed by atoms with E-state index >= 15 is 0 Å². The molecule has 0 amide bonds. The van der Waals surface area contributed by atoms with Crippen molar-refractivity contribution < 1.29 is 9.53 Å². The van der Waals surface area contributed by atoms with Gasteiger partial charge in [-0.05, 0) is 26.0 Å². The van der Waals surface area contributed by atoms with Gasteiger partial charge in [-0.1, -0.05) is 6.92 Å². The van der Waals surface area contributed by atoms with Gasteiger partial charge in [0, 0.05) is 31.3 Å². The Kier molecular flexibility index (Phi) is 5.01. The maximum Gasteiger partial charge on any atom is 0.166 e. The molecule has 0 spiro atoms. The quantitative estimate of drug-likeness (QED) is 0.709. The minimum atomic E-state index is 0.118. The Morgan fingerprint density at radius 2 is 1.88 bits per heavy atom. The predicted molar refractivity (Wildman–Crippen MR) is 71.2 cm³/mol. The Balaban J connectivity index is 3.12. The molecule has 17 heavy (non-hydrogen) atoms. The Bertz CT molecular complexity index is 384. The van der Waals surface area contributed by atoms with Gasteiger partial charge in [0.25, 0.3) is 0 Å². The first kappa shape index (κ1) is 13.6. The van der Waals surface area contributed by atoms with E-state index in [1.807, 2.05) is 25.1 Å². The highest BCUT2D eigenvalue weighted by atomic mass is 16.5. The number of anilines is 1. The van der Waals surface area contributed by atoms with Crippen molar-refractivity contribution in [1.29, 1.82) is 0 Å². The van der Waals surface area contributed by atoms with Crippen molar-refractivity contribution in [3.8, 4) is 5.75 Å². The van der Waals surface area contributed by atoms with Crippen molar-refractivity contribution >= 4 is 11.5 Å². The van der Waals surface area contributed by atoms with E-state index in [1.54, 1.807) is 7.11 Å². The molecule has 0 N–H and O–H groups in total. The monoisotopic (exact) mass is 235 g/mol. The van der Waals surface area contributed by atoms with Crippen molar-refractivity contribution in [1.82, 2.24) is 0 Å². The molecule has 0 heterocycles. The number of benzene rings is 1. The molecular weight excluding hydrogens is 214 g/mol. The molecule has 0 unspecified atom stereocenters. The predicted octanol–water partition coefficient (Wildman–Crippen LogP) is 3.13. The van der Waals surface area contributed by atoms with Crippen molar-refractivity contribution in [2.75, 3.05) is 25.1 Å². The summed E-state index contributed by atoms with van der Waals surface area (Å²) in [5, 5.41) is 0. The molecule has 1 aromatic carbocycles. The largest absolute Gasteiger partial charge is 0.496 e. The minimum Gasteiger partial charge on any atom is -0.496 e. The lowest BCUT2D eigenvalue weighted by atomic mass is 10.1. The number of methoxy groups -OCH3 is 1. The zero-order valence-electron chi connectivity index (χ0n) is 11.1. The van der Waals surface area contributed by atoms with Crippen LogP contribution in [0.2, 0.25) is 0 Å². The SMILES string of the molecule is CCC(=O)c1ccc(N(CC)CC)cc1OC. The molecule has 3 nitrogen and oxygen atoms in total. The van der Waals surface area contributed by atoms with Crippen LogP contribution in [-0.4, -0.2) is 26.0 Å². The normalized spacial score (nSPS) is 10.1. The Morgan fingerprint density at radius 3 is 2.35 bits per heavy atom. The fourth-order valence-electron chi connectivity index (χ4n) is 1.89. The maximum absolute atomic E-state index is 11.7. The standard InChI is InChI=1S/C14H21NO2/c1-5-13(16)12-9-8-11(10-14(12)17-4)15(6-2)7-3/h8-10H,5-7H2,1-4H3. The van der Waals surface area contributed by atoms with Crippen molar-refractivity contribution in [2.45, 2.75) is 27.2 Å². The van der Waals surface area contributed by atoms with Crippen molar-refractivity contribution in [3.63, 3.8) is 0 Å². The summed E-state index contributed by atoms with van der Waals surface area (Å²) in [5.74, 6) is 0.786. The van der Waals surface area contributed by atoms with E-state index in [0.29, 0.717) is 17.7 Å². The number of ether oxygens (including phenoxy) is 1. The Morgan fingerprint density at radius 1 is 1.24 bits per heavy atom. The molecular formula is C14H21NO2. The third kappa shape index (κ3) is 2.99. The van der Waals surface area contributed by atoms with Gasteiger partial charge < -0.3 is 9.64 Å². The van der Waals surface area contributed by atoms with Crippen molar-refractivity contribution in [3.05, 3.63) is 23.8 Å². The number of hydrogen-bond acceptors (Lipinski definition) is 3. The summed E-state index contributed by atoms with van der Waals surface area (Å²) in [5.41, 5.74) is 1.77. The van der Waals surface area contributed by atoms with E-state index in [0.717, 1.165) is 18.8 Å². The lowest BCUT2D eigenvalue weighted by molar-refractivity contribution is 0.0985. The molecule has 0 radical (unpaired) electrons. The second-order valence-electron chi connectivity index (χ2n) is 3.83. The van der Waals surface area contributed by atoms with Crippen LogP contribution in [0.1, 0.15) is 37.6 Å². The minimum absolute atomic E-state index is 0.118. The second-order valence-corrected chi connectivity index (χ2v) is 3.83. The summed E-state index contributed by atoms with van der Waals surface area (Å²) >= 11 is 0. The number of ketones is 1. The Labute approximate surface area is 103 Å². The van der Waals surface area contributed by atoms with Crippen LogP contribution in [0.15, 0.2) is 18.2 Å². The lowest BCUT2D eigenvalue weighted by Gasteiger charge is -2.22. The van der Waals surface area contributed by atoms with Gasteiger partial charge in [0.1, 0.15) is 5.75 Å². The molecule has 0 saturated carbocycles. The molecule has 0 atom stereocenters.